The van der Waals surface area contributed by atoms with Gasteiger partial charge < -0.3 is 0 Å². The van der Waals surface area contributed by atoms with Crippen LogP contribution in [0.4, 0.5) is 5.95 Å². The molecule has 2 heterocycles. The fourth-order valence-corrected chi connectivity index (χ4v) is 1.86. The first-order valence-corrected chi connectivity index (χ1v) is 5.09. The van der Waals surface area contributed by atoms with Gasteiger partial charge in [0.25, 0.3) is 5.56 Å². The zero-order valence-electron chi connectivity index (χ0n) is 7.54. The Morgan fingerprint density at radius 1 is 1.53 bits per heavy atom. The molecule has 1 unspecified atom stereocenters. The van der Waals surface area contributed by atoms with Gasteiger partial charge in [-0.25, -0.2) is 4.98 Å². The lowest BCUT2D eigenvalue weighted by molar-refractivity contribution is -0.117. The van der Waals surface area contributed by atoms with Crippen molar-refractivity contribution in [3.63, 3.8) is 0 Å². The molecule has 15 heavy (non-hydrogen) atoms. The SMILES string of the molecule is O=C1CC(Cl)CN1c1nc(Cl)cc(=O)[nH]1. The number of aromatic nitrogens is 2. The topological polar surface area (TPSA) is 66.1 Å². The fraction of sp³-hybridized carbons (Fsp3) is 0.375. The zero-order chi connectivity index (χ0) is 11.0. The van der Waals surface area contributed by atoms with Crippen molar-refractivity contribution in [1.29, 1.82) is 0 Å². The number of carbonyl (C=O) groups is 1. The highest BCUT2D eigenvalue weighted by Gasteiger charge is 2.30. The molecule has 1 saturated heterocycles. The Morgan fingerprint density at radius 3 is 2.80 bits per heavy atom. The molecule has 1 aliphatic rings. The summed E-state index contributed by atoms with van der Waals surface area (Å²) < 4.78 is 0. The van der Waals surface area contributed by atoms with Crippen molar-refractivity contribution in [1.82, 2.24) is 9.97 Å². The van der Waals surface area contributed by atoms with Crippen LogP contribution in [0.5, 0.6) is 0 Å². The van der Waals surface area contributed by atoms with E-state index in [4.69, 9.17) is 23.2 Å². The van der Waals surface area contributed by atoms with Gasteiger partial charge in [-0.3, -0.25) is 19.5 Å². The molecule has 0 spiro atoms. The lowest BCUT2D eigenvalue weighted by atomic mass is 10.4. The predicted molar refractivity (Wildman–Crippen MR) is 56.5 cm³/mol. The first-order valence-electron chi connectivity index (χ1n) is 4.27. The maximum absolute atomic E-state index is 11.4. The van der Waals surface area contributed by atoms with Crippen molar-refractivity contribution in [2.24, 2.45) is 0 Å². The summed E-state index contributed by atoms with van der Waals surface area (Å²) in [5.41, 5.74) is -0.393. The first-order chi connectivity index (χ1) is 7.06. The second-order valence-electron chi connectivity index (χ2n) is 3.20. The van der Waals surface area contributed by atoms with Crippen molar-refractivity contribution in [3.8, 4) is 0 Å². The summed E-state index contributed by atoms with van der Waals surface area (Å²) in [4.78, 5) is 30.2. The van der Waals surface area contributed by atoms with Gasteiger partial charge in [0, 0.05) is 19.0 Å². The Bertz CT molecular complexity index is 459. The third-order valence-corrected chi connectivity index (χ3v) is 2.52. The zero-order valence-corrected chi connectivity index (χ0v) is 9.05. The molecule has 0 saturated carbocycles. The predicted octanol–water partition coefficient (Wildman–Crippen LogP) is 0.767. The van der Waals surface area contributed by atoms with Crippen molar-refractivity contribution < 1.29 is 4.79 Å². The maximum atomic E-state index is 11.4. The Labute approximate surface area is 95.0 Å². The van der Waals surface area contributed by atoms with E-state index < -0.39 is 5.56 Å². The standard InChI is InChI=1S/C8H7Cl2N3O2/c9-4-1-7(15)13(3-4)8-11-5(10)2-6(14)12-8/h2,4H,1,3H2,(H,11,12,14). The van der Waals surface area contributed by atoms with E-state index in [-0.39, 0.29) is 28.8 Å². The molecule has 5 nitrogen and oxygen atoms in total. The Balaban J connectivity index is 2.37. The van der Waals surface area contributed by atoms with Crippen LogP contribution in [0.1, 0.15) is 6.42 Å². The number of amides is 1. The number of rotatable bonds is 1. The van der Waals surface area contributed by atoms with E-state index in [1.807, 2.05) is 0 Å². The summed E-state index contributed by atoms with van der Waals surface area (Å²) in [6, 6.07) is 1.14. The summed E-state index contributed by atoms with van der Waals surface area (Å²) in [6.07, 6.45) is 0.248. The van der Waals surface area contributed by atoms with Crippen molar-refractivity contribution in [3.05, 3.63) is 21.6 Å². The molecule has 1 N–H and O–H groups in total. The van der Waals surface area contributed by atoms with Crippen molar-refractivity contribution >= 4 is 35.1 Å². The second-order valence-corrected chi connectivity index (χ2v) is 4.20. The molecule has 1 aliphatic heterocycles. The molecule has 0 radical (unpaired) electrons. The average Bonchev–Trinajstić information content (AvgIpc) is 2.43. The van der Waals surface area contributed by atoms with Crippen molar-refractivity contribution in [2.75, 3.05) is 11.4 Å². The molecule has 0 bridgehead atoms. The summed E-state index contributed by atoms with van der Waals surface area (Å²) >= 11 is 11.4. The molecule has 0 aliphatic carbocycles. The van der Waals surface area contributed by atoms with E-state index in [2.05, 4.69) is 9.97 Å². The van der Waals surface area contributed by atoms with Crippen LogP contribution >= 0.6 is 23.2 Å². The Hall–Kier alpha value is -1.07. The van der Waals surface area contributed by atoms with Gasteiger partial charge in [-0.2, -0.15) is 0 Å². The number of H-pyrrole nitrogens is 1. The van der Waals surface area contributed by atoms with Crippen LogP contribution in [-0.2, 0) is 4.79 Å². The molecule has 7 heteroatoms. The summed E-state index contributed by atoms with van der Waals surface area (Å²) in [6.45, 7) is 0.337. The van der Waals surface area contributed by atoms with Crippen LogP contribution in [0.15, 0.2) is 10.9 Å². The van der Waals surface area contributed by atoms with Gasteiger partial charge in [0.05, 0.1) is 5.38 Å². The summed E-state index contributed by atoms with van der Waals surface area (Å²) in [7, 11) is 0. The van der Waals surface area contributed by atoms with E-state index in [1.165, 1.54) is 4.90 Å². The Kier molecular flexibility index (Phi) is 2.67. The largest absolute Gasteiger partial charge is 0.292 e. The number of hydrogen-bond donors (Lipinski definition) is 1. The molecule has 0 aromatic carbocycles. The second kappa shape index (κ2) is 3.83. The van der Waals surface area contributed by atoms with Crippen LogP contribution in [0.25, 0.3) is 0 Å². The third-order valence-electron chi connectivity index (χ3n) is 2.03. The lowest BCUT2D eigenvalue weighted by Crippen LogP contribution is -2.28. The number of hydrogen-bond acceptors (Lipinski definition) is 3. The number of aromatic amines is 1. The quantitative estimate of drug-likeness (QED) is 0.589. The van der Waals surface area contributed by atoms with E-state index in [0.29, 0.717) is 6.54 Å². The van der Waals surface area contributed by atoms with Gasteiger partial charge in [-0.15, -0.1) is 11.6 Å². The van der Waals surface area contributed by atoms with E-state index in [9.17, 15) is 9.59 Å². The van der Waals surface area contributed by atoms with Crippen LogP contribution in [0, 0.1) is 0 Å². The lowest BCUT2D eigenvalue weighted by Gasteiger charge is -2.13. The molecule has 80 valence electrons. The molecular formula is C8H7Cl2N3O2. The van der Waals surface area contributed by atoms with Gasteiger partial charge in [-0.1, -0.05) is 11.6 Å². The van der Waals surface area contributed by atoms with Crippen LogP contribution in [0.2, 0.25) is 5.15 Å². The number of anilines is 1. The number of nitrogens with zero attached hydrogens (tertiary/aromatic N) is 2. The molecule has 1 aromatic heterocycles. The van der Waals surface area contributed by atoms with Crippen LogP contribution in [-0.4, -0.2) is 27.8 Å². The van der Waals surface area contributed by atoms with Gasteiger partial charge in [0.15, 0.2) is 0 Å². The smallest absolute Gasteiger partial charge is 0.253 e. The minimum atomic E-state index is -0.393. The highest BCUT2D eigenvalue weighted by atomic mass is 35.5. The van der Waals surface area contributed by atoms with E-state index in [1.54, 1.807) is 0 Å². The highest BCUT2D eigenvalue weighted by Crippen LogP contribution is 2.20. The van der Waals surface area contributed by atoms with Gasteiger partial charge in [-0.05, 0) is 0 Å². The molecule has 1 amide bonds. The normalized spacial score (nSPS) is 21.1. The Morgan fingerprint density at radius 2 is 2.27 bits per heavy atom. The molecule has 1 atom stereocenters. The molecule has 2 rings (SSSR count). The van der Waals surface area contributed by atoms with E-state index in [0.717, 1.165) is 6.07 Å². The van der Waals surface area contributed by atoms with Crippen LogP contribution in [0.3, 0.4) is 0 Å². The summed E-state index contributed by atoms with van der Waals surface area (Å²) in [5.74, 6) is -0.0129. The number of carbonyl (C=O) groups excluding carboxylic acids is 1. The van der Waals surface area contributed by atoms with Crippen molar-refractivity contribution in [2.45, 2.75) is 11.8 Å². The first kappa shape index (κ1) is 10.4. The van der Waals surface area contributed by atoms with Gasteiger partial charge in [0.2, 0.25) is 11.9 Å². The van der Waals surface area contributed by atoms with E-state index >= 15 is 0 Å². The van der Waals surface area contributed by atoms with Gasteiger partial charge in [0.1, 0.15) is 5.15 Å². The number of nitrogens with one attached hydrogen (secondary N) is 1. The number of halogens is 2. The summed E-state index contributed by atoms with van der Waals surface area (Å²) in [5, 5.41) is -0.193. The average molecular weight is 248 g/mol. The minimum Gasteiger partial charge on any atom is -0.292 e. The maximum Gasteiger partial charge on any atom is 0.253 e. The van der Waals surface area contributed by atoms with Gasteiger partial charge >= 0.3 is 0 Å². The third kappa shape index (κ3) is 2.13. The van der Waals surface area contributed by atoms with Crippen LogP contribution < -0.4 is 10.5 Å². The monoisotopic (exact) mass is 247 g/mol. The highest BCUT2D eigenvalue weighted by molar-refractivity contribution is 6.29. The molecule has 1 aromatic rings. The number of alkyl halides is 1. The molecular weight excluding hydrogens is 241 g/mol. The fourth-order valence-electron chi connectivity index (χ4n) is 1.41. The molecule has 1 fully saturated rings. The minimum absolute atomic E-state index is 0.0552.